The third kappa shape index (κ3) is 4.85. The molecule has 1 amide bonds. The molecule has 0 atom stereocenters. The second kappa shape index (κ2) is 9.36. The molecular formula is C21H23FN2O5S. The standard InChI is InChI=1S/C21H23FN2O5S/c1-29-21(26)17-8-6-15(7-9-17)14-23-20(25)16-10-12-24(13-11-16)30(27,28)19-5-3-2-4-18(19)22/h2-9,16H,10-14H2,1H3,(H,23,25). The van der Waals surface area contributed by atoms with E-state index >= 15 is 0 Å². The summed E-state index contributed by atoms with van der Waals surface area (Å²) < 4.78 is 45.1. The second-order valence-corrected chi connectivity index (χ2v) is 8.92. The Morgan fingerprint density at radius 2 is 1.73 bits per heavy atom. The molecule has 2 aromatic rings. The Kier molecular flexibility index (Phi) is 6.84. The van der Waals surface area contributed by atoms with E-state index in [4.69, 9.17) is 0 Å². The quantitative estimate of drug-likeness (QED) is 0.705. The number of carbonyl (C=O) groups excluding carboxylic acids is 2. The maximum atomic E-state index is 13.9. The molecule has 1 N–H and O–H groups in total. The number of esters is 1. The molecule has 0 bridgehead atoms. The third-order valence-corrected chi connectivity index (χ3v) is 7.05. The molecule has 0 saturated carbocycles. The molecule has 0 radical (unpaired) electrons. The van der Waals surface area contributed by atoms with Crippen LogP contribution in [0.1, 0.15) is 28.8 Å². The summed E-state index contributed by atoms with van der Waals surface area (Å²) in [5.74, 6) is -1.68. The minimum atomic E-state index is -3.92. The number of benzene rings is 2. The molecule has 7 nitrogen and oxygen atoms in total. The lowest BCUT2D eigenvalue weighted by molar-refractivity contribution is -0.126. The molecule has 1 heterocycles. The van der Waals surface area contributed by atoms with Crippen molar-refractivity contribution in [3.63, 3.8) is 0 Å². The molecule has 0 spiro atoms. The van der Waals surface area contributed by atoms with Gasteiger partial charge in [0.05, 0.1) is 12.7 Å². The summed E-state index contributed by atoms with van der Waals surface area (Å²) in [6.07, 6.45) is 0.724. The van der Waals surface area contributed by atoms with Crippen molar-refractivity contribution >= 4 is 21.9 Å². The number of piperidine rings is 1. The second-order valence-electron chi connectivity index (χ2n) is 7.02. The molecule has 3 rings (SSSR count). The number of sulfonamides is 1. The van der Waals surface area contributed by atoms with E-state index in [-0.39, 0.29) is 29.8 Å². The van der Waals surface area contributed by atoms with Gasteiger partial charge >= 0.3 is 5.97 Å². The van der Waals surface area contributed by atoms with Crippen LogP contribution in [0.5, 0.6) is 0 Å². The molecule has 1 fully saturated rings. The average molecular weight is 434 g/mol. The van der Waals surface area contributed by atoms with Gasteiger partial charge in [0.15, 0.2) is 0 Å². The van der Waals surface area contributed by atoms with E-state index in [1.807, 2.05) is 0 Å². The average Bonchev–Trinajstić information content (AvgIpc) is 2.77. The van der Waals surface area contributed by atoms with Crippen LogP contribution in [0.15, 0.2) is 53.4 Å². The van der Waals surface area contributed by atoms with Gasteiger partial charge in [0.25, 0.3) is 0 Å². The van der Waals surface area contributed by atoms with Crippen LogP contribution in [0, 0.1) is 11.7 Å². The molecule has 0 aromatic heterocycles. The Balaban J connectivity index is 1.53. The summed E-state index contributed by atoms with van der Waals surface area (Å²) in [6.45, 7) is 0.610. The zero-order valence-corrected chi connectivity index (χ0v) is 17.3. The van der Waals surface area contributed by atoms with Gasteiger partial charge in [-0.25, -0.2) is 17.6 Å². The zero-order chi connectivity index (χ0) is 21.7. The lowest BCUT2D eigenvalue weighted by Crippen LogP contribution is -2.43. The monoisotopic (exact) mass is 434 g/mol. The van der Waals surface area contributed by atoms with Crippen molar-refractivity contribution in [2.75, 3.05) is 20.2 Å². The number of carbonyl (C=O) groups is 2. The lowest BCUT2D eigenvalue weighted by Gasteiger charge is -2.30. The van der Waals surface area contributed by atoms with Crippen LogP contribution in [-0.2, 0) is 26.1 Å². The summed E-state index contributed by atoms with van der Waals surface area (Å²) in [5, 5.41) is 2.84. The van der Waals surface area contributed by atoms with E-state index in [0.29, 0.717) is 24.9 Å². The highest BCUT2D eigenvalue weighted by Crippen LogP contribution is 2.25. The Hall–Kier alpha value is -2.78. The maximum Gasteiger partial charge on any atom is 0.337 e. The molecule has 0 aliphatic carbocycles. The van der Waals surface area contributed by atoms with Crippen LogP contribution in [0.2, 0.25) is 0 Å². The van der Waals surface area contributed by atoms with Gasteiger partial charge in [-0.1, -0.05) is 24.3 Å². The molecule has 1 aliphatic heterocycles. The highest BCUT2D eigenvalue weighted by atomic mass is 32.2. The Morgan fingerprint density at radius 3 is 2.33 bits per heavy atom. The topological polar surface area (TPSA) is 92.8 Å². The van der Waals surface area contributed by atoms with Crippen molar-refractivity contribution in [3.05, 3.63) is 65.5 Å². The first-order chi connectivity index (χ1) is 14.3. The van der Waals surface area contributed by atoms with E-state index in [9.17, 15) is 22.4 Å². The smallest absolute Gasteiger partial charge is 0.337 e. The largest absolute Gasteiger partial charge is 0.465 e. The van der Waals surface area contributed by atoms with Crippen molar-refractivity contribution < 1.29 is 27.1 Å². The SMILES string of the molecule is COC(=O)c1ccc(CNC(=O)C2CCN(S(=O)(=O)c3ccccc3F)CC2)cc1. The fraction of sp³-hybridized carbons (Fsp3) is 0.333. The summed E-state index contributed by atoms with van der Waals surface area (Å²) in [7, 11) is -2.61. The van der Waals surface area contributed by atoms with Gasteiger partial charge in [0.2, 0.25) is 15.9 Å². The fourth-order valence-corrected chi connectivity index (χ4v) is 4.90. The van der Waals surface area contributed by atoms with Gasteiger partial charge in [-0.05, 0) is 42.7 Å². The maximum absolute atomic E-state index is 13.9. The normalized spacial score (nSPS) is 15.5. The van der Waals surface area contributed by atoms with Crippen LogP contribution in [0.3, 0.4) is 0 Å². The fourth-order valence-electron chi connectivity index (χ4n) is 3.36. The Labute approximate surface area is 174 Å². The van der Waals surface area contributed by atoms with Crippen molar-refractivity contribution in [1.29, 1.82) is 0 Å². The van der Waals surface area contributed by atoms with E-state index in [1.54, 1.807) is 24.3 Å². The van der Waals surface area contributed by atoms with E-state index in [0.717, 1.165) is 11.6 Å². The molecule has 9 heteroatoms. The minimum Gasteiger partial charge on any atom is -0.465 e. The first-order valence-corrected chi connectivity index (χ1v) is 11.0. The van der Waals surface area contributed by atoms with Gasteiger partial charge in [-0.15, -0.1) is 0 Å². The predicted octanol–water partition coefficient (Wildman–Crippen LogP) is 2.33. The van der Waals surface area contributed by atoms with E-state index in [1.165, 1.54) is 29.6 Å². The minimum absolute atomic E-state index is 0.155. The molecule has 1 saturated heterocycles. The van der Waals surface area contributed by atoms with Crippen LogP contribution < -0.4 is 5.32 Å². The summed E-state index contributed by atoms with van der Waals surface area (Å²) in [6, 6.07) is 12.0. The molecule has 160 valence electrons. The number of halogens is 1. The van der Waals surface area contributed by atoms with Crippen molar-refractivity contribution in [1.82, 2.24) is 9.62 Å². The number of methoxy groups -OCH3 is 1. The first-order valence-electron chi connectivity index (χ1n) is 9.52. The molecule has 0 unspecified atom stereocenters. The van der Waals surface area contributed by atoms with Crippen molar-refractivity contribution in [2.45, 2.75) is 24.3 Å². The number of nitrogens with zero attached hydrogens (tertiary/aromatic N) is 1. The van der Waals surface area contributed by atoms with Gasteiger partial charge in [0, 0.05) is 25.6 Å². The number of hydrogen-bond donors (Lipinski definition) is 1. The zero-order valence-electron chi connectivity index (χ0n) is 16.5. The Morgan fingerprint density at radius 1 is 1.10 bits per heavy atom. The number of ether oxygens (including phenoxy) is 1. The highest BCUT2D eigenvalue weighted by Gasteiger charge is 2.33. The van der Waals surface area contributed by atoms with Gasteiger partial charge in [-0.3, -0.25) is 4.79 Å². The van der Waals surface area contributed by atoms with E-state index < -0.39 is 21.8 Å². The Bertz CT molecular complexity index is 1020. The number of nitrogens with one attached hydrogen (secondary N) is 1. The summed E-state index contributed by atoms with van der Waals surface area (Å²) in [4.78, 5) is 23.6. The summed E-state index contributed by atoms with van der Waals surface area (Å²) >= 11 is 0. The molecule has 30 heavy (non-hydrogen) atoms. The van der Waals surface area contributed by atoms with Crippen LogP contribution in [0.4, 0.5) is 4.39 Å². The predicted molar refractivity (Wildman–Crippen MR) is 108 cm³/mol. The van der Waals surface area contributed by atoms with Crippen molar-refractivity contribution in [2.24, 2.45) is 5.92 Å². The molecular weight excluding hydrogens is 411 g/mol. The van der Waals surface area contributed by atoms with Gasteiger partial charge in [-0.2, -0.15) is 4.31 Å². The number of hydrogen-bond acceptors (Lipinski definition) is 5. The number of rotatable bonds is 6. The van der Waals surface area contributed by atoms with Gasteiger partial charge in [0.1, 0.15) is 10.7 Å². The lowest BCUT2D eigenvalue weighted by atomic mass is 9.97. The molecule has 2 aromatic carbocycles. The van der Waals surface area contributed by atoms with Crippen molar-refractivity contribution in [3.8, 4) is 0 Å². The first kappa shape index (κ1) is 21.9. The number of amides is 1. The van der Waals surface area contributed by atoms with Crippen LogP contribution in [0.25, 0.3) is 0 Å². The third-order valence-electron chi connectivity index (χ3n) is 5.12. The highest BCUT2D eigenvalue weighted by molar-refractivity contribution is 7.89. The summed E-state index contributed by atoms with van der Waals surface area (Å²) in [5.41, 5.74) is 1.26. The van der Waals surface area contributed by atoms with Crippen LogP contribution >= 0.6 is 0 Å². The van der Waals surface area contributed by atoms with Gasteiger partial charge < -0.3 is 10.1 Å². The molecule has 1 aliphatic rings. The van der Waals surface area contributed by atoms with E-state index in [2.05, 4.69) is 10.1 Å². The van der Waals surface area contributed by atoms with Crippen LogP contribution in [-0.4, -0.2) is 44.8 Å².